The summed E-state index contributed by atoms with van der Waals surface area (Å²) in [5.41, 5.74) is 0. The molecule has 1 atom stereocenters. The molecule has 1 fully saturated rings. The van der Waals surface area contributed by atoms with Crippen molar-refractivity contribution in [2.24, 2.45) is 0 Å². The van der Waals surface area contributed by atoms with Gasteiger partial charge in [0.2, 0.25) is 5.91 Å². The Morgan fingerprint density at radius 3 is 2.69 bits per heavy atom. The predicted molar refractivity (Wildman–Crippen MR) is 50.4 cm³/mol. The molecule has 0 spiro atoms. The molecule has 0 aromatic rings. The number of hydrogen-bond donors (Lipinski definition) is 2. The molecular weight excluding hydrogens is 168 g/mol. The van der Waals surface area contributed by atoms with E-state index in [1.165, 1.54) is 0 Å². The molecule has 0 bridgehead atoms. The number of nitrogens with zero attached hydrogens (tertiary/aromatic N) is 1. The highest BCUT2D eigenvalue weighted by atomic mass is 16.3. The minimum absolute atomic E-state index is 0.169. The molecular formula is C9H18N2O2. The number of carbonyl (C=O) groups excluding carboxylic acids is 1. The number of aliphatic hydroxyl groups excluding tert-OH is 1. The van der Waals surface area contributed by atoms with Gasteiger partial charge in [-0.1, -0.05) is 0 Å². The number of piperazine rings is 1. The molecule has 1 amide bonds. The van der Waals surface area contributed by atoms with E-state index in [9.17, 15) is 4.79 Å². The fourth-order valence-corrected chi connectivity index (χ4v) is 1.40. The van der Waals surface area contributed by atoms with Crippen molar-refractivity contribution in [3.8, 4) is 0 Å². The van der Waals surface area contributed by atoms with Crippen molar-refractivity contribution in [1.29, 1.82) is 0 Å². The second kappa shape index (κ2) is 5.19. The Morgan fingerprint density at radius 2 is 2.15 bits per heavy atom. The molecule has 0 unspecified atom stereocenters. The summed E-state index contributed by atoms with van der Waals surface area (Å²) in [6, 6.07) is 0. The predicted octanol–water partition coefficient (Wildman–Crippen LogP) is -0.421. The summed E-state index contributed by atoms with van der Waals surface area (Å²) in [5, 5.41) is 12.2. The quantitative estimate of drug-likeness (QED) is 0.629. The molecule has 4 heteroatoms. The Kier molecular flexibility index (Phi) is 4.18. The first-order valence-corrected chi connectivity index (χ1v) is 4.86. The lowest BCUT2D eigenvalue weighted by Gasteiger charge is -2.27. The van der Waals surface area contributed by atoms with Crippen LogP contribution in [0.15, 0.2) is 0 Å². The normalized spacial score (nSPS) is 20.0. The van der Waals surface area contributed by atoms with Gasteiger partial charge in [-0.3, -0.25) is 4.79 Å². The van der Waals surface area contributed by atoms with E-state index in [0.29, 0.717) is 12.8 Å². The van der Waals surface area contributed by atoms with Crippen molar-refractivity contribution >= 4 is 5.91 Å². The van der Waals surface area contributed by atoms with E-state index in [1.54, 1.807) is 6.92 Å². The average molecular weight is 186 g/mol. The molecule has 0 saturated carbocycles. The highest BCUT2D eigenvalue weighted by Gasteiger charge is 2.15. The molecule has 1 aliphatic heterocycles. The molecule has 1 aliphatic rings. The zero-order valence-corrected chi connectivity index (χ0v) is 8.12. The monoisotopic (exact) mass is 186 g/mol. The number of carbonyl (C=O) groups is 1. The second-order valence-electron chi connectivity index (χ2n) is 3.52. The van der Waals surface area contributed by atoms with E-state index >= 15 is 0 Å². The van der Waals surface area contributed by atoms with Gasteiger partial charge in [0.15, 0.2) is 0 Å². The zero-order valence-electron chi connectivity index (χ0n) is 8.12. The van der Waals surface area contributed by atoms with Crippen LogP contribution in [0.2, 0.25) is 0 Å². The molecule has 4 nitrogen and oxygen atoms in total. The van der Waals surface area contributed by atoms with Crippen molar-refractivity contribution < 1.29 is 9.90 Å². The lowest BCUT2D eigenvalue weighted by atomic mass is 10.2. The molecule has 0 radical (unpaired) electrons. The van der Waals surface area contributed by atoms with Gasteiger partial charge in [0, 0.05) is 32.6 Å². The van der Waals surface area contributed by atoms with Crippen LogP contribution in [-0.2, 0) is 4.79 Å². The van der Waals surface area contributed by atoms with Crippen LogP contribution < -0.4 is 5.32 Å². The SMILES string of the molecule is C[C@H](O)CCC(=O)N1CCNCC1. The number of nitrogens with one attached hydrogen (secondary N) is 1. The summed E-state index contributed by atoms with van der Waals surface area (Å²) in [6.07, 6.45) is 0.673. The van der Waals surface area contributed by atoms with Gasteiger partial charge in [0.25, 0.3) is 0 Å². The van der Waals surface area contributed by atoms with Crippen LogP contribution >= 0.6 is 0 Å². The largest absolute Gasteiger partial charge is 0.393 e. The Hall–Kier alpha value is -0.610. The van der Waals surface area contributed by atoms with E-state index in [1.807, 2.05) is 4.90 Å². The molecule has 76 valence electrons. The van der Waals surface area contributed by atoms with Crippen LogP contribution in [0.1, 0.15) is 19.8 Å². The first-order chi connectivity index (χ1) is 6.20. The summed E-state index contributed by atoms with van der Waals surface area (Å²) in [7, 11) is 0. The molecule has 0 aromatic heterocycles. The number of amides is 1. The molecule has 1 heterocycles. The van der Waals surface area contributed by atoms with E-state index in [4.69, 9.17) is 5.11 Å². The Labute approximate surface area is 78.9 Å². The van der Waals surface area contributed by atoms with Gasteiger partial charge in [0.05, 0.1) is 6.10 Å². The summed E-state index contributed by atoms with van der Waals surface area (Å²) >= 11 is 0. The van der Waals surface area contributed by atoms with Gasteiger partial charge in [-0.15, -0.1) is 0 Å². The standard InChI is InChI=1S/C9H18N2O2/c1-8(12)2-3-9(13)11-6-4-10-5-7-11/h8,10,12H,2-7H2,1H3/t8-/m0/s1. The van der Waals surface area contributed by atoms with Gasteiger partial charge in [0.1, 0.15) is 0 Å². The van der Waals surface area contributed by atoms with Gasteiger partial charge in [-0.2, -0.15) is 0 Å². The van der Waals surface area contributed by atoms with Crippen LogP contribution in [0.4, 0.5) is 0 Å². The minimum atomic E-state index is -0.369. The first-order valence-electron chi connectivity index (χ1n) is 4.86. The Bertz CT molecular complexity index is 165. The second-order valence-corrected chi connectivity index (χ2v) is 3.52. The van der Waals surface area contributed by atoms with Crippen LogP contribution in [-0.4, -0.2) is 48.2 Å². The minimum Gasteiger partial charge on any atom is -0.393 e. The third kappa shape index (κ3) is 3.74. The van der Waals surface area contributed by atoms with Crippen LogP contribution in [0.3, 0.4) is 0 Å². The summed E-state index contributed by atoms with van der Waals surface area (Å²) < 4.78 is 0. The van der Waals surface area contributed by atoms with Crippen molar-refractivity contribution in [2.45, 2.75) is 25.9 Å². The van der Waals surface area contributed by atoms with Gasteiger partial charge in [-0.25, -0.2) is 0 Å². The van der Waals surface area contributed by atoms with E-state index in [0.717, 1.165) is 26.2 Å². The third-order valence-electron chi connectivity index (χ3n) is 2.25. The summed E-state index contributed by atoms with van der Waals surface area (Å²) in [5.74, 6) is 0.169. The lowest BCUT2D eigenvalue weighted by molar-refractivity contribution is -0.132. The molecule has 0 aromatic carbocycles. The van der Waals surface area contributed by atoms with Gasteiger partial charge >= 0.3 is 0 Å². The van der Waals surface area contributed by atoms with Crippen molar-refractivity contribution in [3.05, 3.63) is 0 Å². The molecule has 0 aliphatic carbocycles. The van der Waals surface area contributed by atoms with Crippen molar-refractivity contribution in [3.63, 3.8) is 0 Å². The average Bonchev–Trinajstić information content (AvgIpc) is 2.15. The topological polar surface area (TPSA) is 52.6 Å². The van der Waals surface area contributed by atoms with E-state index in [-0.39, 0.29) is 12.0 Å². The van der Waals surface area contributed by atoms with E-state index in [2.05, 4.69) is 5.32 Å². The van der Waals surface area contributed by atoms with Crippen LogP contribution in [0.25, 0.3) is 0 Å². The Morgan fingerprint density at radius 1 is 1.54 bits per heavy atom. The van der Waals surface area contributed by atoms with E-state index < -0.39 is 0 Å². The molecule has 1 rings (SSSR count). The van der Waals surface area contributed by atoms with Crippen molar-refractivity contribution in [2.75, 3.05) is 26.2 Å². The summed E-state index contributed by atoms with van der Waals surface area (Å²) in [4.78, 5) is 13.3. The summed E-state index contributed by atoms with van der Waals surface area (Å²) in [6.45, 7) is 5.10. The van der Waals surface area contributed by atoms with Gasteiger partial charge in [-0.05, 0) is 13.3 Å². The Balaban J connectivity index is 2.21. The van der Waals surface area contributed by atoms with Crippen LogP contribution in [0.5, 0.6) is 0 Å². The van der Waals surface area contributed by atoms with Crippen molar-refractivity contribution in [1.82, 2.24) is 10.2 Å². The lowest BCUT2D eigenvalue weighted by Crippen LogP contribution is -2.46. The first kappa shape index (κ1) is 10.5. The zero-order chi connectivity index (χ0) is 9.68. The number of aliphatic hydroxyl groups is 1. The fraction of sp³-hybridized carbons (Fsp3) is 0.889. The van der Waals surface area contributed by atoms with Gasteiger partial charge < -0.3 is 15.3 Å². The number of rotatable bonds is 3. The highest BCUT2D eigenvalue weighted by molar-refractivity contribution is 5.76. The third-order valence-corrected chi connectivity index (χ3v) is 2.25. The maximum absolute atomic E-state index is 11.5. The fourth-order valence-electron chi connectivity index (χ4n) is 1.40. The maximum Gasteiger partial charge on any atom is 0.222 e. The molecule has 13 heavy (non-hydrogen) atoms. The number of hydrogen-bond acceptors (Lipinski definition) is 3. The highest BCUT2D eigenvalue weighted by Crippen LogP contribution is 2.02. The molecule has 2 N–H and O–H groups in total. The van der Waals surface area contributed by atoms with Crippen LogP contribution in [0, 0.1) is 0 Å². The smallest absolute Gasteiger partial charge is 0.222 e. The molecule has 1 saturated heterocycles. The maximum atomic E-state index is 11.5.